The normalized spacial score (nSPS) is 12.2. The Balaban J connectivity index is 2.02. The van der Waals surface area contributed by atoms with E-state index in [1.807, 2.05) is 18.2 Å². The first-order chi connectivity index (χ1) is 10.6. The predicted molar refractivity (Wildman–Crippen MR) is 81.7 cm³/mol. The van der Waals surface area contributed by atoms with E-state index in [4.69, 9.17) is 4.74 Å². The first-order valence-corrected chi connectivity index (χ1v) is 6.54. The Kier molecular flexibility index (Phi) is 5.11. The SMILES string of the molecule is COC(C(=O)NN=Cc1ccc(O)c(O)c1)c1ccccc1. The van der Waals surface area contributed by atoms with E-state index in [2.05, 4.69) is 10.5 Å². The van der Waals surface area contributed by atoms with Crippen LogP contribution in [0.25, 0.3) is 0 Å². The van der Waals surface area contributed by atoms with Crippen molar-refractivity contribution < 1.29 is 19.7 Å². The van der Waals surface area contributed by atoms with E-state index in [-0.39, 0.29) is 11.5 Å². The number of rotatable bonds is 5. The number of ether oxygens (including phenoxy) is 1. The fourth-order valence-corrected chi connectivity index (χ4v) is 1.87. The zero-order valence-electron chi connectivity index (χ0n) is 11.9. The lowest BCUT2D eigenvalue weighted by molar-refractivity contribution is -0.131. The van der Waals surface area contributed by atoms with E-state index in [0.29, 0.717) is 5.56 Å². The molecule has 0 bridgehead atoms. The fourth-order valence-electron chi connectivity index (χ4n) is 1.87. The van der Waals surface area contributed by atoms with Crippen LogP contribution in [0.2, 0.25) is 0 Å². The molecule has 6 nitrogen and oxygen atoms in total. The van der Waals surface area contributed by atoms with Gasteiger partial charge in [-0.25, -0.2) is 5.43 Å². The summed E-state index contributed by atoms with van der Waals surface area (Å²) in [6.45, 7) is 0. The van der Waals surface area contributed by atoms with Crippen LogP contribution in [0.1, 0.15) is 17.2 Å². The van der Waals surface area contributed by atoms with Gasteiger partial charge in [0, 0.05) is 7.11 Å². The number of nitrogens with zero attached hydrogens (tertiary/aromatic N) is 1. The number of hydrazone groups is 1. The topological polar surface area (TPSA) is 91.2 Å². The highest BCUT2D eigenvalue weighted by Gasteiger charge is 2.18. The van der Waals surface area contributed by atoms with E-state index in [0.717, 1.165) is 5.56 Å². The monoisotopic (exact) mass is 300 g/mol. The van der Waals surface area contributed by atoms with Gasteiger partial charge in [-0.3, -0.25) is 4.79 Å². The lowest BCUT2D eigenvalue weighted by Crippen LogP contribution is -2.26. The number of hydrogen-bond donors (Lipinski definition) is 3. The molecule has 0 saturated heterocycles. The smallest absolute Gasteiger partial charge is 0.273 e. The molecule has 0 spiro atoms. The average molecular weight is 300 g/mol. The molecule has 2 rings (SSSR count). The molecule has 1 atom stereocenters. The number of hydrogen-bond acceptors (Lipinski definition) is 5. The Bertz CT molecular complexity index is 671. The number of carbonyl (C=O) groups is 1. The van der Waals surface area contributed by atoms with Crippen molar-refractivity contribution >= 4 is 12.1 Å². The van der Waals surface area contributed by atoms with Crippen LogP contribution in [0.3, 0.4) is 0 Å². The number of carbonyl (C=O) groups excluding carboxylic acids is 1. The van der Waals surface area contributed by atoms with E-state index in [1.54, 1.807) is 18.2 Å². The van der Waals surface area contributed by atoms with Crippen LogP contribution in [0.15, 0.2) is 53.6 Å². The third kappa shape index (κ3) is 3.83. The Morgan fingerprint density at radius 3 is 2.55 bits per heavy atom. The minimum absolute atomic E-state index is 0.218. The molecule has 3 N–H and O–H groups in total. The molecular weight excluding hydrogens is 284 g/mol. The molecule has 0 radical (unpaired) electrons. The zero-order chi connectivity index (χ0) is 15.9. The van der Waals surface area contributed by atoms with Crippen LogP contribution in [-0.2, 0) is 9.53 Å². The number of methoxy groups -OCH3 is 1. The summed E-state index contributed by atoms with van der Waals surface area (Å²) in [5, 5.41) is 22.4. The highest BCUT2D eigenvalue weighted by Crippen LogP contribution is 2.24. The van der Waals surface area contributed by atoms with Gasteiger partial charge in [-0.1, -0.05) is 30.3 Å². The fraction of sp³-hybridized carbons (Fsp3) is 0.125. The molecule has 0 saturated carbocycles. The van der Waals surface area contributed by atoms with Gasteiger partial charge in [0.25, 0.3) is 5.91 Å². The van der Waals surface area contributed by atoms with E-state index < -0.39 is 12.0 Å². The van der Waals surface area contributed by atoms with Crippen molar-refractivity contribution in [2.45, 2.75) is 6.10 Å². The molecule has 0 aliphatic carbocycles. The summed E-state index contributed by atoms with van der Waals surface area (Å²) >= 11 is 0. The minimum Gasteiger partial charge on any atom is -0.504 e. The van der Waals surface area contributed by atoms with Crippen molar-refractivity contribution in [3.63, 3.8) is 0 Å². The average Bonchev–Trinajstić information content (AvgIpc) is 2.52. The second kappa shape index (κ2) is 7.24. The zero-order valence-corrected chi connectivity index (χ0v) is 11.9. The van der Waals surface area contributed by atoms with Gasteiger partial charge in [-0.2, -0.15) is 5.10 Å². The van der Waals surface area contributed by atoms with Crippen molar-refractivity contribution in [1.29, 1.82) is 0 Å². The van der Waals surface area contributed by atoms with E-state index >= 15 is 0 Å². The Morgan fingerprint density at radius 2 is 1.91 bits per heavy atom. The third-order valence-corrected chi connectivity index (χ3v) is 2.96. The molecule has 1 amide bonds. The van der Waals surface area contributed by atoms with Gasteiger partial charge in [0.05, 0.1) is 6.21 Å². The van der Waals surface area contributed by atoms with Gasteiger partial charge in [0.1, 0.15) is 0 Å². The summed E-state index contributed by atoms with van der Waals surface area (Å²) in [7, 11) is 1.44. The largest absolute Gasteiger partial charge is 0.504 e. The van der Waals surface area contributed by atoms with Crippen molar-refractivity contribution in [2.75, 3.05) is 7.11 Å². The lowest BCUT2D eigenvalue weighted by atomic mass is 10.1. The van der Waals surface area contributed by atoms with E-state index in [9.17, 15) is 15.0 Å². The summed E-state index contributed by atoms with van der Waals surface area (Å²) in [6, 6.07) is 13.3. The van der Waals surface area contributed by atoms with Crippen molar-refractivity contribution in [1.82, 2.24) is 5.43 Å². The molecule has 0 aliphatic rings. The predicted octanol–water partition coefficient (Wildman–Crippen LogP) is 1.94. The molecule has 0 aliphatic heterocycles. The third-order valence-electron chi connectivity index (χ3n) is 2.96. The van der Waals surface area contributed by atoms with Gasteiger partial charge in [-0.15, -0.1) is 0 Å². The van der Waals surface area contributed by atoms with Crippen LogP contribution in [0, 0.1) is 0 Å². The van der Waals surface area contributed by atoms with Crippen molar-refractivity contribution in [3.8, 4) is 11.5 Å². The van der Waals surface area contributed by atoms with Crippen LogP contribution < -0.4 is 5.43 Å². The number of phenols is 2. The van der Waals surface area contributed by atoms with Crippen LogP contribution >= 0.6 is 0 Å². The Hall–Kier alpha value is -2.86. The van der Waals surface area contributed by atoms with E-state index in [1.165, 1.54) is 25.5 Å². The maximum atomic E-state index is 12.0. The standard InChI is InChI=1S/C16H16N2O4/c1-22-15(12-5-3-2-4-6-12)16(21)18-17-10-11-7-8-13(19)14(20)9-11/h2-10,15,19-20H,1H3,(H,18,21). The molecular formula is C16H16N2O4. The first-order valence-electron chi connectivity index (χ1n) is 6.54. The second-order valence-electron chi connectivity index (χ2n) is 4.51. The number of phenolic OH excluding ortho intramolecular Hbond substituents is 2. The molecule has 22 heavy (non-hydrogen) atoms. The summed E-state index contributed by atoms with van der Waals surface area (Å²) < 4.78 is 5.18. The molecule has 1 unspecified atom stereocenters. The van der Waals surface area contributed by atoms with Gasteiger partial charge in [-0.05, 0) is 29.3 Å². The molecule has 0 fully saturated rings. The molecule has 114 valence electrons. The number of aromatic hydroxyl groups is 2. The molecule has 2 aromatic carbocycles. The van der Waals surface area contributed by atoms with Crippen LogP contribution in [0.5, 0.6) is 11.5 Å². The maximum Gasteiger partial charge on any atom is 0.273 e. The summed E-state index contributed by atoms with van der Waals surface area (Å²) in [5.41, 5.74) is 3.63. The molecule has 2 aromatic rings. The Morgan fingerprint density at radius 1 is 1.18 bits per heavy atom. The molecule has 0 heterocycles. The molecule has 0 aromatic heterocycles. The summed E-state index contributed by atoms with van der Waals surface area (Å²) in [5.74, 6) is -0.882. The maximum absolute atomic E-state index is 12.0. The number of nitrogens with one attached hydrogen (secondary N) is 1. The van der Waals surface area contributed by atoms with Gasteiger partial charge < -0.3 is 14.9 Å². The quantitative estimate of drug-likeness (QED) is 0.447. The summed E-state index contributed by atoms with van der Waals surface area (Å²) in [4.78, 5) is 12.0. The second-order valence-corrected chi connectivity index (χ2v) is 4.51. The highest BCUT2D eigenvalue weighted by molar-refractivity contribution is 5.85. The van der Waals surface area contributed by atoms with Gasteiger partial charge in [0.2, 0.25) is 0 Å². The van der Waals surface area contributed by atoms with Crippen molar-refractivity contribution in [2.24, 2.45) is 5.10 Å². The lowest BCUT2D eigenvalue weighted by Gasteiger charge is -2.13. The highest BCUT2D eigenvalue weighted by atomic mass is 16.5. The first kappa shape index (κ1) is 15.5. The molecule has 6 heteroatoms. The number of amides is 1. The van der Waals surface area contributed by atoms with Gasteiger partial charge >= 0.3 is 0 Å². The van der Waals surface area contributed by atoms with Crippen LogP contribution in [-0.4, -0.2) is 29.4 Å². The summed E-state index contributed by atoms with van der Waals surface area (Å²) in [6.07, 6.45) is 0.598. The Labute approximate surface area is 127 Å². The number of benzene rings is 2. The van der Waals surface area contributed by atoms with Gasteiger partial charge in [0.15, 0.2) is 17.6 Å². The van der Waals surface area contributed by atoms with Crippen molar-refractivity contribution in [3.05, 3.63) is 59.7 Å². The minimum atomic E-state index is -0.758. The van der Waals surface area contributed by atoms with Crippen LogP contribution in [0.4, 0.5) is 0 Å².